The highest BCUT2D eigenvalue weighted by atomic mass is 16.6. The Kier molecular flexibility index (Phi) is 5.81. The summed E-state index contributed by atoms with van der Waals surface area (Å²) in [6.45, 7) is 2.80. The van der Waals surface area contributed by atoms with Crippen molar-refractivity contribution in [2.24, 2.45) is 10.9 Å². The van der Waals surface area contributed by atoms with Crippen LogP contribution >= 0.6 is 0 Å². The van der Waals surface area contributed by atoms with E-state index in [1.54, 1.807) is 7.11 Å². The highest BCUT2D eigenvalue weighted by Crippen LogP contribution is 2.46. The lowest BCUT2D eigenvalue weighted by Crippen LogP contribution is -2.38. The molecule has 0 spiro atoms. The number of aliphatic imine (C=N–C) groups is 1. The van der Waals surface area contributed by atoms with Crippen LogP contribution in [0.15, 0.2) is 40.5 Å². The minimum atomic E-state index is -0.645. The van der Waals surface area contributed by atoms with Crippen molar-refractivity contribution in [1.29, 1.82) is 0 Å². The fraction of sp³-hybridized carbons (Fsp3) is 0.522. The average molecular weight is 397 g/mol. The lowest BCUT2D eigenvalue weighted by molar-refractivity contribution is -0.149. The van der Waals surface area contributed by atoms with Crippen LogP contribution in [0.4, 0.5) is 0 Å². The van der Waals surface area contributed by atoms with Crippen LogP contribution in [0, 0.1) is 5.92 Å². The lowest BCUT2D eigenvalue weighted by Gasteiger charge is -2.35. The fourth-order valence-corrected chi connectivity index (χ4v) is 4.61. The number of rotatable bonds is 5. The number of Topliss-reactive ketones (excluding diaryl/α,β-unsaturated/α-hetero) is 1. The van der Waals surface area contributed by atoms with Crippen molar-refractivity contribution in [2.45, 2.75) is 51.0 Å². The van der Waals surface area contributed by atoms with Crippen LogP contribution in [0.5, 0.6) is 5.75 Å². The summed E-state index contributed by atoms with van der Waals surface area (Å²) in [6, 6.07) is 7.57. The molecule has 3 aliphatic rings. The first-order valence-electron chi connectivity index (χ1n) is 10.3. The maximum absolute atomic E-state index is 13.2. The van der Waals surface area contributed by atoms with Gasteiger partial charge >= 0.3 is 5.97 Å². The van der Waals surface area contributed by atoms with Crippen molar-refractivity contribution in [3.63, 3.8) is 0 Å². The zero-order valence-electron chi connectivity index (χ0n) is 17.0. The molecule has 0 radical (unpaired) electrons. The first kappa shape index (κ1) is 19.8. The van der Waals surface area contributed by atoms with E-state index in [2.05, 4.69) is 4.99 Å². The van der Waals surface area contributed by atoms with Crippen LogP contribution in [0.1, 0.15) is 50.5 Å². The molecule has 6 nitrogen and oxygen atoms in total. The summed E-state index contributed by atoms with van der Waals surface area (Å²) in [5.41, 5.74) is 2.96. The van der Waals surface area contributed by atoms with Crippen LogP contribution in [-0.2, 0) is 19.1 Å². The Morgan fingerprint density at radius 1 is 1.24 bits per heavy atom. The van der Waals surface area contributed by atoms with Gasteiger partial charge in [0.05, 0.1) is 13.2 Å². The van der Waals surface area contributed by atoms with Gasteiger partial charge < -0.3 is 14.2 Å². The van der Waals surface area contributed by atoms with E-state index in [0.29, 0.717) is 30.1 Å². The number of nitrogens with zero attached hydrogens (tertiary/aromatic N) is 1. The van der Waals surface area contributed by atoms with Crippen LogP contribution < -0.4 is 4.74 Å². The number of allylic oxidation sites excluding steroid dienone is 2. The van der Waals surface area contributed by atoms with Gasteiger partial charge in [-0.1, -0.05) is 18.2 Å². The first-order chi connectivity index (χ1) is 14.1. The van der Waals surface area contributed by atoms with Gasteiger partial charge in [0, 0.05) is 41.5 Å². The van der Waals surface area contributed by atoms with E-state index < -0.39 is 11.8 Å². The second-order valence-electron chi connectivity index (χ2n) is 7.85. The van der Waals surface area contributed by atoms with Gasteiger partial charge in [-0.15, -0.1) is 0 Å². The van der Waals surface area contributed by atoms with Crippen molar-refractivity contribution in [1.82, 2.24) is 0 Å². The number of carbonyl (C=O) groups is 2. The monoisotopic (exact) mass is 397 g/mol. The third-order valence-corrected chi connectivity index (χ3v) is 6.00. The molecule has 29 heavy (non-hydrogen) atoms. The average Bonchev–Trinajstić information content (AvgIpc) is 3.25. The van der Waals surface area contributed by atoms with Gasteiger partial charge in [0.25, 0.3) is 0 Å². The van der Waals surface area contributed by atoms with E-state index in [1.165, 1.54) is 0 Å². The molecule has 0 saturated carbocycles. The van der Waals surface area contributed by atoms with E-state index in [-0.39, 0.29) is 24.5 Å². The summed E-state index contributed by atoms with van der Waals surface area (Å²) in [6.07, 6.45) is 3.87. The SMILES string of the molecule is COc1ccccc1[C@@H]1C2=C(CCCC2=O)N=C(C)C1C(=O)OC[C@H]1CCCO1. The molecule has 1 unspecified atom stereocenters. The molecule has 1 saturated heterocycles. The standard InChI is InChI=1S/C23H27NO5/c1-14-20(23(26)29-13-15-7-6-12-28-15)21(16-8-3-4-11-19(16)27-2)22-17(24-14)9-5-10-18(22)25/h3-4,8,11,15,20-21H,5-7,9-10,12-13H2,1-2H3/t15-,20?,21+/m1/s1. The number of hydrogen-bond donors (Lipinski definition) is 0. The number of benzene rings is 1. The number of carbonyl (C=O) groups excluding carboxylic acids is 2. The number of methoxy groups -OCH3 is 1. The van der Waals surface area contributed by atoms with E-state index >= 15 is 0 Å². The van der Waals surface area contributed by atoms with Crippen LogP contribution in [-0.4, -0.2) is 43.9 Å². The highest BCUT2D eigenvalue weighted by Gasteiger charge is 2.44. The molecule has 2 heterocycles. The molecule has 3 atom stereocenters. The normalized spacial score (nSPS) is 26.8. The molecule has 1 aromatic rings. The second kappa shape index (κ2) is 8.49. The van der Waals surface area contributed by atoms with Crippen molar-refractivity contribution >= 4 is 17.5 Å². The predicted molar refractivity (Wildman–Crippen MR) is 108 cm³/mol. The summed E-state index contributed by atoms with van der Waals surface area (Å²) in [5, 5.41) is 0. The van der Waals surface area contributed by atoms with Crippen molar-refractivity contribution in [3.8, 4) is 5.75 Å². The Bertz CT molecular complexity index is 866. The maximum Gasteiger partial charge on any atom is 0.315 e. The second-order valence-corrected chi connectivity index (χ2v) is 7.85. The van der Waals surface area contributed by atoms with Crippen molar-refractivity contribution in [2.75, 3.05) is 20.3 Å². The van der Waals surface area contributed by atoms with Crippen LogP contribution in [0.2, 0.25) is 0 Å². The molecule has 1 aliphatic carbocycles. The van der Waals surface area contributed by atoms with Gasteiger partial charge in [-0.2, -0.15) is 0 Å². The van der Waals surface area contributed by atoms with Gasteiger partial charge in [-0.25, -0.2) is 0 Å². The van der Waals surface area contributed by atoms with Gasteiger partial charge in [-0.05, 0) is 38.7 Å². The highest BCUT2D eigenvalue weighted by molar-refractivity contribution is 6.09. The molecule has 0 N–H and O–H groups in total. The zero-order valence-corrected chi connectivity index (χ0v) is 17.0. The maximum atomic E-state index is 13.2. The minimum Gasteiger partial charge on any atom is -0.496 e. The number of hydrogen-bond acceptors (Lipinski definition) is 6. The summed E-state index contributed by atoms with van der Waals surface area (Å²) in [5.74, 6) is -0.718. The van der Waals surface area contributed by atoms with E-state index in [0.717, 1.165) is 36.9 Å². The fourth-order valence-electron chi connectivity index (χ4n) is 4.61. The molecule has 154 valence electrons. The summed E-state index contributed by atoms with van der Waals surface area (Å²) < 4.78 is 16.8. The summed E-state index contributed by atoms with van der Waals surface area (Å²) in [4.78, 5) is 30.8. The van der Waals surface area contributed by atoms with Crippen molar-refractivity contribution < 1.29 is 23.8 Å². The predicted octanol–water partition coefficient (Wildman–Crippen LogP) is 3.60. The molecular formula is C23H27NO5. The third kappa shape index (κ3) is 3.86. The Hall–Kier alpha value is -2.47. The Morgan fingerprint density at radius 3 is 2.83 bits per heavy atom. The zero-order chi connectivity index (χ0) is 20.4. The Balaban J connectivity index is 1.72. The molecule has 0 amide bonds. The van der Waals surface area contributed by atoms with Gasteiger partial charge in [0.2, 0.25) is 0 Å². The van der Waals surface area contributed by atoms with E-state index in [4.69, 9.17) is 14.2 Å². The quantitative estimate of drug-likeness (QED) is 0.710. The Labute approximate surface area is 170 Å². The van der Waals surface area contributed by atoms with Gasteiger partial charge in [0.1, 0.15) is 18.3 Å². The topological polar surface area (TPSA) is 74.2 Å². The Morgan fingerprint density at radius 2 is 2.07 bits per heavy atom. The van der Waals surface area contributed by atoms with Crippen molar-refractivity contribution in [3.05, 3.63) is 41.1 Å². The number of esters is 1. The van der Waals surface area contributed by atoms with Crippen LogP contribution in [0.25, 0.3) is 0 Å². The molecule has 0 aromatic heterocycles. The number of ether oxygens (including phenoxy) is 3. The number of para-hydroxylation sites is 1. The minimum absolute atomic E-state index is 0.0458. The molecule has 1 fully saturated rings. The lowest BCUT2D eigenvalue weighted by atomic mass is 9.71. The third-order valence-electron chi connectivity index (χ3n) is 6.00. The summed E-state index contributed by atoms with van der Waals surface area (Å²) in [7, 11) is 1.60. The van der Waals surface area contributed by atoms with E-state index in [1.807, 2.05) is 31.2 Å². The smallest absolute Gasteiger partial charge is 0.315 e. The van der Waals surface area contributed by atoms with Gasteiger partial charge in [0.15, 0.2) is 5.78 Å². The first-order valence-corrected chi connectivity index (χ1v) is 10.3. The van der Waals surface area contributed by atoms with Gasteiger partial charge in [-0.3, -0.25) is 14.6 Å². The van der Waals surface area contributed by atoms with Crippen LogP contribution in [0.3, 0.4) is 0 Å². The molecule has 1 aromatic carbocycles. The summed E-state index contributed by atoms with van der Waals surface area (Å²) >= 11 is 0. The molecular weight excluding hydrogens is 370 g/mol. The largest absolute Gasteiger partial charge is 0.496 e. The molecule has 0 bridgehead atoms. The number of ketones is 1. The van der Waals surface area contributed by atoms with E-state index in [9.17, 15) is 9.59 Å². The molecule has 6 heteroatoms. The molecule has 4 rings (SSSR count). The molecule has 2 aliphatic heterocycles.